The zero-order valence-electron chi connectivity index (χ0n) is 11.7. The first-order chi connectivity index (χ1) is 9.86. The third-order valence-electron chi connectivity index (χ3n) is 3.06. The Hall–Kier alpha value is -1.53. The van der Waals surface area contributed by atoms with Crippen LogP contribution in [0.2, 0.25) is 5.15 Å². The minimum Gasteiger partial charge on any atom is -0.495 e. The van der Waals surface area contributed by atoms with Gasteiger partial charge in [-0.25, -0.2) is 9.36 Å². The Bertz CT molecular complexity index is 796. The van der Waals surface area contributed by atoms with Gasteiger partial charge in [0, 0.05) is 6.07 Å². The molecule has 1 N–H and O–H groups in total. The average molecular weight is 374 g/mol. The molecule has 1 aromatic heterocycles. The molecule has 0 radical (unpaired) electrons. The molecule has 0 unspecified atom stereocenters. The lowest BCUT2D eigenvalue weighted by molar-refractivity contribution is 0.412. The lowest BCUT2D eigenvalue weighted by atomic mass is 10.1. The first kappa shape index (κ1) is 15.9. The monoisotopic (exact) mass is 372 g/mol. The number of benzene rings is 1. The average Bonchev–Trinajstić information content (AvgIpc) is 2.39. The van der Waals surface area contributed by atoms with Crippen molar-refractivity contribution in [2.75, 3.05) is 7.11 Å². The van der Waals surface area contributed by atoms with Crippen molar-refractivity contribution in [2.45, 2.75) is 19.8 Å². The van der Waals surface area contributed by atoms with Gasteiger partial charge in [-0.1, -0.05) is 25.4 Å². The van der Waals surface area contributed by atoms with Crippen LogP contribution >= 0.6 is 27.5 Å². The van der Waals surface area contributed by atoms with Crippen LogP contribution in [0, 0.1) is 0 Å². The third kappa shape index (κ3) is 2.91. The van der Waals surface area contributed by atoms with Crippen LogP contribution in [0.1, 0.15) is 25.3 Å². The summed E-state index contributed by atoms with van der Waals surface area (Å²) in [6.45, 7) is 3.68. The molecule has 5 nitrogen and oxygen atoms in total. The molecule has 0 amide bonds. The highest BCUT2D eigenvalue weighted by atomic mass is 79.9. The van der Waals surface area contributed by atoms with E-state index in [1.54, 1.807) is 18.2 Å². The molecule has 1 aromatic carbocycles. The van der Waals surface area contributed by atoms with Gasteiger partial charge in [0.25, 0.3) is 5.56 Å². The van der Waals surface area contributed by atoms with E-state index in [1.165, 1.54) is 7.11 Å². The maximum absolute atomic E-state index is 12.5. The van der Waals surface area contributed by atoms with Crippen LogP contribution in [0.5, 0.6) is 5.75 Å². The maximum Gasteiger partial charge on any atom is 0.334 e. The Balaban J connectivity index is 2.79. The molecular weight excluding hydrogens is 360 g/mol. The largest absolute Gasteiger partial charge is 0.495 e. The standard InChI is InChI=1S/C14H14BrClN2O3/c1-7(2)11-12(16)17-14(20)18(13(11)19)8-4-5-9(15)10(6-8)21-3/h4-7H,1-3H3,(H,17,20). The number of aromatic nitrogens is 2. The van der Waals surface area contributed by atoms with Gasteiger partial charge in [-0.2, -0.15) is 0 Å². The maximum atomic E-state index is 12.5. The molecule has 112 valence electrons. The summed E-state index contributed by atoms with van der Waals surface area (Å²) in [5.74, 6) is 0.422. The summed E-state index contributed by atoms with van der Waals surface area (Å²) >= 11 is 9.30. The molecule has 21 heavy (non-hydrogen) atoms. The summed E-state index contributed by atoms with van der Waals surface area (Å²) in [5, 5.41) is 0.0836. The number of methoxy groups -OCH3 is 1. The Morgan fingerprint density at radius 3 is 2.57 bits per heavy atom. The van der Waals surface area contributed by atoms with Gasteiger partial charge >= 0.3 is 5.69 Å². The van der Waals surface area contributed by atoms with E-state index in [-0.39, 0.29) is 11.1 Å². The van der Waals surface area contributed by atoms with E-state index >= 15 is 0 Å². The molecular formula is C14H14BrClN2O3. The normalized spacial score (nSPS) is 11.0. The molecule has 0 fully saturated rings. The molecule has 0 spiro atoms. The van der Waals surface area contributed by atoms with Gasteiger partial charge in [-0.15, -0.1) is 0 Å². The Morgan fingerprint density at radius 1 is 1.33 bits per heavy atom. The molecule has 0 aliphatic carbocycles. The highest BCUT2D eigenvalue weighted by Gasteiger charge is 2.17. The highest BCUT2D eigenvalue weighted by Crippen LogP contribution is 2.26. The van der Waals surface area contributed by atoms with Crippen molar-refractivity contribution in [3.8, 4) is 11.4 Å². The molecule has 2 aromatic rings. The highest BCUT2D eigenvalue weighted by molar-refractivity contribution is 9.10. The fraction of sp³-hybridized carbons (Fsp3) is 0.286. The predicted molar refractivity (Wildman–Crippen MR) is 86.0 cm³/mol. The summed E-state index contributed by atoms with van der Waals surface area (Å²) in [6, 6.07) is 4.98. The second-order valence-electron chi connectivity index (χ2n) is 4.77. The molecule has 0 aliphatic rings. The molecule has 0 bridgehead atoms. The predicted octanol–water partition coefficient (Wildman–Crippen LogP) is 3.07. The first-order valence-corrected chi connectivity index (χ1v) is 7.42. The van der Waals surface area contributed by atoms with Crippen LogP contribution in [-0.4, -0.2) is 16.7 Å². The SMILES string of the molecule is COc1cc(-n2c(=O)[nH]c(Cl)c(C(C)C)c2=O)ccc1Br. The summed E-state index contributed by atoms with van der Waals surface area (Å²) < 4.78 is 6.97. The van der Waals surface area contributed by atoms with Crippen LogP contribution in [0.4, 0.5) is 0 Å². The van der Waals surface area contributed by atoms with E-state index < -0.39 is 11.2 Å². The van der Waals surface area contributed by atoms with E-state index in [0.717, 1.165) is 9.04 Å². The number of hydrogen-bond acceptors (Lipinski definition) is 3. The molecule has 0 aliphatic heterocycles. The third-order valence-corrected chi connectivity index (χ3v) is 4.01. The Morgan fingerprint density at radius 2 is 2.00 bits per heavy atom. The van der Waals surface area contributed by atoms with Gasteiger partial charge in [0.2, 0.25) is 0 Å². The molecule has 0 saturated carbocycles. The van der Waals surface area contributed by atoms with Crippen molar-refractivity contribution in [1.29, 1.82) is 0 Å². The van der Waals surface area contributed by atoms with Crippen LogP contribution in [-0.2, 0) is 0 Å². The van der Waals surface area contributed by atoms with Crippen molar-refractivity contribution in [1.82, 2.24) is 9.55 Å². The van der Waals surface area contributed by atoms with E-state index in [2.05, 4.69) is 20.9 Å². The number of nitrogens with zero attached hydrogens (tertiary/aromatic N) is 1. The van der Waals surface area contributed by atoms with Crippen LogP contribution < -0.4 is 16.0 Å². The van der Waals surface area contributed by atoms with Gasteiger partial charge in [0.15, 0.2) is 0 Å². The fourth-order valence-electron chi connectivity index (χ4n) is 2.05. The molecule has 1 heterocycles. The number of H-pyrrole nitrogens is 1. The summed E-state index contributed by atoms with van der Waals surface area (Å²) in [5.41, 5.74) is -0.222. The van der Waals surface area contributed by atoms with Gasteiger partial charge in [0.1, 0.15) is 10.9 Å². The number of halogens is 2. The summed E-state index contributed by atoms with van der Waals surface area (Å²) in [7, 11) is 1.51. The van der Waals surface area contributed by atoms with Gasteiger partial charge in [0.05, 0.1) is 22.8 Å². The quantitative estimate of drug-likeness (QED) is 0.841. The van der Waals surface area contributed by atoms with Gasteiger partial charge in [-0.05, 0) is 34.0 Å². The van der Waals surface area contributed by atoms with Crippen LogP contribution in [0.25, 0.3) is 5.69 Å². The Kier molecular flexibility index (Phi) is 4.58. The topological polar surface area (TPSA) is 64.1 Å². The lowest BCUT2D eigenvalue weighted by Crippen LogP contribution is -2.36. The second kappa shape index (κ2) is 6.07. The van der Waals surface area contributed by atoms with Crippen molar-refractivity contribution >= 4 is 27.5 Å². The zero-order chi connectivity index (χ0) is 15.7. The van der Waals surface area contributed by atoms with Crippen LogP contribution in [0.3, 0.4) is 0 Å². The van der Waals surface area contributed by atoms with Gasteiger partial charge in [-0.3, -0.25) is 9.78 Å². The minimum absolute atomic E-state index is 0.0836. The number of aromatic amines is 1. The number of nitrogens with one attached hydrogen (secondary N) is 1. The first-order valence-electron chi connectivity index (χ1n) is 6.25. The second-order valence-corrected chi connectivity index (χ2v) is 6.00. The van der Waals surface area contributed by atoms with Crippen molar-refractivity contribution in [3.05, 3.63) is 54.2 Å². The fourth-order valence-corrected chi connectivity index (χ4v) is 2.83. The lowest BCUT2D eigenvalue weighted by Gasteiger charge is -2.12. The van der Waals surface area contributed by atoms with E-state index in [9.17, 15) is 9.59 Å². The molecule has 0 atom stereocenters. The molecule has 0 saturated heterocycles. The number of rotatable bonds is 3. The van der Waals surface area contributed by atoms with Crippen LogP contribution in [0.15, 0.2) is 32.3 Å². The summed E-state index contributed by atoms with van der Waals surface area (Å²) in [4.78, 5) is 27.1. The van der Waals surface area contributed by atoms with Crippen molar-refractivity contribution in [2.24, 2.45) is 0 Å². The number of hydrogen-bond donors (Lipinski definition) is 1. The minimum atomic E-state index is -0.584. The zero-order valence-corrected chi connectivity index (χ0v) is 14.1. The van der Waals surface area contributed by atoms with Crippen molar-refractivity contribution < 1.29 is 4.74 Å². The van der Waals surface area contributed by atoms with E-state index in [1.807, 2.05) is 13.8 Å². The smallest absolute Gasteiger partial charge is 0.334 e. The summed E-state index contributed by atoms with van der Waals surface area (Å²) in [6.07, 6.45) is 0. The van der Waals surface area contributed by atoms with Gasteiger partial charge < -0.3 is 4.74 Å². The molecule has 2 rings (SSSR count). The van der Waals surface area contributed by atoms with E-state index in [4.69, 9.17) is 16.3 Å². The van der Waals surface area contributed by atoms with Crippen molar-refractivity contribution in [3.63, 3.8) is 0 Å². The Labute approximate surface area is 134 Å². The molecule has 7 heteroatoms. The van der Waals surface area contributed by atoms with E-state index in [0.29, 0.717) is 17.0 Å². The number of ether oxygens (including phenoxy) is 1.